The highest BCUT2D eigenvalue weighted by atomic mass is 16.5. The van der Waals surface area contributed by atoms with E-state index < -0.39 is 6.04 Å². The molecule has 1 aliphatic rings. The third-order valence-corrected chi connectivity index (χ3v) is 7.21. The van der Waals surface area contributed by atoms with Crippen LogP contribution in [0.2, 0.25) is 0 Å². The molecule has 2 unspecified atom stereocenters. The molecule has 2 atom stereocenters. The first-order chi connectivity index (χ1) is 19.5. The Labute approximate surface area is 232 Å². The lowest BCUT2D eigenvalue weighted by Crippen LogP contribution is -2.51. The Balaban J connectivity index is 1.55. The predicted octanol–water partition coefficient (Wildman–Crippen LogP) is 3.43. The average molecular weight is 533 g/mol. The second-order valence-corrected chi connectivity index (χ2v) is 9.57. The molecule has 1 aromatic heterocycles. The van der Waals surface area contributed by atoms with Crippen molar-refractivity contribution in [1.29, 1.82) is 10.5 Å². The maximum atomic E-state index is 13.9. The first-order valence-corrected chi connectivity index (χ1v) is 13.0. The topological polar surface area (TPSA) is 123 Å². The van der Waals surface area contributed by atoms with Gasteiger partial charge in [0, 0.05) is 5.39 Å². The minimum absolute atomic E-state index is 0.0220. The van der Waals surface area contributed by atoms with Gasteiger partial charge >= 0.3 is 0 Å². The third-order valence-electron chi connectivity index (χ3n) is 7.21. The normalized spacial score (nSPS) is 15.4. The SMILES string of the molecule is CNC(C)C(=O)CNC1COc2ccccc2N(Cc2cccc3c2cc(C#N)n3-c2ccccc2C#N)C1=O. The van der Waals surface area contributed by atoms with Gasteiger partial charge in [-0.1, -0.05) is 36.4 Å². The fraction of sp³-hybridized carbons (Fsp3) is 0.226. The second-order valence-electron chi connectivity index (χ2n) is 9.57. The smallest absolute Gasteiger partial charge is 0.248 e. The number of nitrogens with zero attached hydrogens (tertiary/aromatic N) is 4. The number of carbonyl (C=O) groups is 2. The van der Waals surface area contributed by atoms with Crippen LogP contribution in [0.4, 0.5) is 5.69 Å². The number of anilines is 1. The van der Waals surface area contributed by atoms with Gasteiger partial charge < -0.3 is 15.0 Å². The lowest BCUT2D eigenvalue weighted by atomic mass is 10.1. The van der Waals surface area contributed by atoms with Crippen molar-refractivity contribution in [3.63, 3.8) is 0 Å². The number of hydrogen-bond donors (Lipinski definition) is 2. The molecule has 40 heavy (non-hydrogen) atoms. The van der Waals surface area contributed by atoms with Crippen LogP contribution in [-0.4, -0.2) is 48.5 Å². The summed E-state index contributed by atoms with van der Waals surface area (Å²) in [7, 11) is 1.71. The van der Waals surface area contributed by atoms with Crippen LogP contribution in [0.1, 0.15) is 23.7 Å². The van der Waals surface area contributed by atoms with Crippen molar-refractivity contribution in [3.8, 4) is 23.6 Å². The number of para-hydroxylation sites is 3. The van der Waals surface area contributed by atoms with E-state index >= 15 is 0 Å². The zero-order valence-corrected chi connectivity index (χ0v) is 22.2. The van der Waals surface area contributed by atoms with Gasteiger partial charge in [-0.15, -0.1) is 0 Å². The molecule has 0 spiro atoms. The number of ether oxygens (including phenoxy) is 1. The standard InChI is InChI=1S/C31H28N6O3/c1-20(34-2)29(38)17-35-25-19-40-30-13-6-5-11-28(30)36(31(25)39)18-22-9-7-12-27-24(22)14-23(16-33)37(27)26-10-4-3-8-21(26)15-32/h3-14,20,25,34-35H,17-19H2,1-2H3. The van der Waals surface area contributed by atoms with Crippen LogP contribution in [0.3, 0.4) is 0 Å². The zero-order chi connectivity index (χ0) is 28.2. The number of amides is 1. The molecule has 9 nitrogen and oxygen atoms in total. The highest BCUT2D eigenvalue weighted by molar-refractivity contribution is 6.00. The molecule has 2 heterocycles. The van der Waals surface area contributed by atoms with Crippen LogP contribution in [0.25, 0.3) is 16.6 Å². The van der Waals surface area contributed by atoms with Gasteiger partial charge in [0.25, 0.3) is 0 Å². The third kappa shape index (κ3) is 4.92. The number of nitriles is 2. The number of aromatic nitrogens is 1. The van der Waals surface area contributed by atoms with E-state index in [2.05, 4.69) is 22.8 Å². The lowest BCUT2D eigenvalue weighted by Gasteiger charge is -2.25. The number of hydrogen-bond acceptors (Lipinski definition) is 7. The number of nitrogens with one attached hydrogen (secondary N) is 2. The quantitative estimate of drug-likeness (QED) is 0.356. The van der Waals surface area contributed by atoms with Crippen LogP contribution in [-0.2, 0) is 16.1 Å². The van der Waals surface area contributed by atoms with Crippen LogP contribution < -0.4 is 20.3 Å². The Kier molecular flexibility index (Phi) is 7.61. The van der Waals surface area contributed by atoms with Gasteiger partial charge in [-0.25, -0.2) is 0 Å². The Hall–Kier alpha value is -4.96. The van der Waals surface area contributed by atoms with E-state index in [1.54, 1.807) is 41.6 Å². The maximum Gasteiger partial charge on any atom is 0.248 e. The summed E-state index contributed by atoms with van der Waals surface area (Å²) in [6.45, 7) is 2.09. The number of rotatable bonds is 8. The Bertz CT molecular complexity index is 1680. The molecule has 200 valence electrons. The second kappa shape index (κ2) is 11.4. The summed E-state index contributed by atoms with van der Waals surface area (Å²) in [5, 5.41) is 26.5. The number of likely N-dealkylation sites (N-methyl/N-ethyl adjacent to an activating group) is 1. The van der Waals surface area contributed by atoms with Gasteiger partial charge in [-0.2, -0.15) is 10.5 Å². The number of fused-ring (bicyclic) bond motifs is 2. The van der Waals surface area contributed by atoms with E-state index in [9.17, 15) is 20.1 Å². The van der Waals surface area contributed by atoms with Crippen molar-refractivity contribution in [1.82, 2.24) is 15.2 Å². The Morgan fingerprint density at radius 3 is 2.55 bits per heavy atom. The fourth-order valence-electron chi connectivity index (χ4n) is 4.91. The summed E-state index contributed by atoms with van der Waals surface area (Å²) in [5.41, 5.74) is 3.65. The molecule has 1 aliphatic heterocycles. The van der Waals surface area contributed by atoms with Gasteiger partial charge in [-0.3, -0.25) is 19.5 Å². The van der Waals surface area contributed by atoms with E-state index in [4.69, 9.17) is 4.74 Å². The highest BCUT2D eigenvalue weighted by Gasteiger charge is 2.32. The molecule has 0 radical (unpaired) electrons. The van der Waals surface area contributed by atoms with Gasteiger partial charge in [0.15, 0.2) is 5.78 Å². The molecule has 0 saturated carbocycles. The van der Waals surface area contributed by atoms with Gasteiger partial charge in [0.1, 0.15) is 36.2 Å². The first kappa shape index (κ1) is 26.6. The minimum Gasteiger partial charge on any atom is -0.489 e. The monoisotopic (exact) mass is 532 g/mol. The predicted molar refractivity (Wildman–Crippen MR) is 151 cm³/mol. The van der Waals surface area contributed by atoms with Crippen molar-refractivity contribution in [3.05, 3.63) is 89.6 Å². The number of benzene rings is 3. The molecule has 5 rings (SSSR count). The molecule has 0 aliphatic carbocycles. The number of Topliss-reactive ketones (excluding diaryl/α,β-unsaturated/α-hetero) is 1. The molecular weight excluding hydrogens is 504 g/mol. The van der Waals surface area contributed by atoms with Gasteiger partial charge in [-0.05, 0) is 55.9 Å². The summed E-state index contributed by atoms with van der Waals surface area (Å²) in [6.07, 6.45) is 0. The average Bonchev–Trinajstić information content (AvgIpc) is 3.32. The van der Waals surface area contributed by atoms with E-state index in [-0.39, 0.29) is 37.4 Å². The first-order valence-electron chi connectivity index (χ1n) is 13.0. The fourth-order valence-corrected chi connectivity index (χ4v) is 4.91. The van der Waals surface area contributed by atoms with E-state index in [0.717, 1.165) is 16.5 Å². The van der Waals surface area contributed by atoms with Crippen LogP contribution in [0.15, 0.2) is 72.8 Å². The molecule has 2 N–H and O–H groups in total. The summed E-state index contributed by atoms with van der Waals surface area (Å²) in [5.74, 6) is 0.290. The summed E-state index contributed by atoms with van der Waals surface area (Å²) >= 11 is 0. The van der Waals surface area contributed by atoms with Gasteiger partial charge in [0.05, 0.1) is 41.6 Å². The molecule has 9 heteroatoms. The van der Waals surface area contributed by atoms with Crippen LogP contribution >= 0.6 is 0 Å². The van der Waals surface area contributed by atoms with Crippen LogP contribution in [0, 0.1) is 22.7 Å². The molecule has 3 aromatic carbocycles. The molecule has 0 bridgehead atoms. The summed E-state index contributed by atoms with van der Waals surface area (Å²) in [6, 6.07) is 25.3. The molecule has 4 aromatic rings. The van der Waals surface area contributed by atoms with Crippen molar-refractivity contribution in [2.24, 2.45) is 0 Å². The molecule has 0 saturated heterocycles. The van der Waals surface area contributed by atoms with Crippen LogP contribution in [0.5, 0.6) is 5.75 Å². The van der Waals surface area contributed by atoms with Crippen molar-refractivity contribution >= 4 is 28.3 Å². The van der Waals surface area contributed by atoms with E-state index in [1.807, 2.05) is 54.6 Å². The Morgan fingerprint density at radius 2 is 1.80 bits per heavy atom. The van der Waals surface area contributed by atoms with Gasteiger partial charge in [0.2, 0.25) is 5.91 Å². The summed E-state index contributed by atoms with van der Waals surface area (Å²) in [4.78, 5) is 28.0. The summed E-state index contributed by atoms with van der Waals surface area (Å²) < 4.78 is 7.78. The molecular formula is C31H28N6O3. The van der Waals surface area contributed by atoms with Crippen molar-refractivity contribution in [2.75, 3.05) is 25.1 Å². The van der Waals surface area contributed by atoms with Crippen molar-refractivity contribution < 1.29 is 14.3 Å². The maximum absolute atomic E-state index is 13.9. The van der Waals surface area contributed by atoms with E-state index in [1.165, 1.54) is 0 Å². The largest absolute Gasteiger partial charge is 0.489 e. The highest BCUT2D eigenvalue weighted by Crippen LogP contribution is 2.34. The molecule has 0 fully saturated rings. The van der Waals surface area contributed by atoms with E-state index in [0.29, 0.717) is 28.4 Å². The number of carbonyl (C=O) groups excluding carboxylic acids is 2. The number of ketones is 1. The van der Waals surface area contributed by atoms with Crippen molar-refractivity contribution in [2.45, 2.75) is 25.6 Å². The Morgan fingerprint density at radius 1 is 1.05 bits per heavy atom. The molecule has 1 amide bonds. The zero-order valence-electron chi connectivity index (χ0n) is 22.2. The lowest BCUT2D eigenvalue weighted by molar-refractivity contribution is -0.122. The minimum atomic E-state index is -0.735.